The quantitative estimate of drug-likeness (QED) is 0.851. The van der Waals surface area contributed by atoms with Crippen molar-refractivity contribution in [2.24, 2.45) is 5.92 Å². The molecular formula is C16H20N4O2S. The van der Waals surface area contributed by atoms with Gasteiger partial charge < -0.3 is 5.32 Å². The predicted octanol–water partition coefficient (Wildman–Crippen LogP) is 2.49. The van der Waals surface area contributed by atoms with Crippen molar-refractivity contribution < 1.29 is 9.59 Å². The predicted molar refractivity (Wildman–Crippen MR) is 90.5 cm³/mol. The van der Waals surface area contributed by atoms with Gasteiger partial charge in [-0.25, -0.2) is 0 Å². The van der Waals surface area contributed by atoms with E-state index in [1.54, 1.807) is 24.3 Å². The van der Waals surface area contributed by atoms with Crippen molar-refractivity contribution >= 4 is 28.3 Å². The summed E-state index contributed by atoms with van der Waals surface area (Å²) in [5.74, 6) is -0.615. The SMILES string of the molecule is CCc1nnc(NC(=O)C(NC(=O)c2ccccc2)C(C)C)s1. The fourth-order valence-electron chi connectivity index (χ4n) is 1.98. The van der Waals surface area contributed by atoms with Crippen molar-refractivity contribution in [1.82, 2.24) is 15.5 Å². The Morgan fingerprint density at radius 2 is 1.87 bits per heavy atom. The highest BCUT2D eigenvalue weighted by Crippen LogP contribution is 2.16. The number of amides is 2. The van der Waals surface area contributed by atoms with Crippen molar-refractivity contribution in [3.63, 3.8) is 0 Å². The number of carbonyl (C=O) groups excluding carboxylic acids is 2. The summed E-state index contributed by atoms with van der Waals surface area (Å²) in [6.07, 6.45) is 0.770. The first kappa shape index (κ1) is 17.1. The third kappa shape index (κ3) is 4.59. The van der Waals surface area contributed by atoms with E-state index in [1.807, 2.05) is 26.8 Å². The van der Waals surface area contributed by atoms with Crippen LogP contribution in [-0.4, -0.2) is 28.1 Å². The van der Waals surface area contributed by atoms with Crippen LogP contribution in [0.2, 0.25) is 0 Å². The molecule has 0 aliphatic rings. The van der Waals surface area contributed by atoms with Crippen LogP contribution in [0.3, 0.4) is 0 Å². The number of nitrogens with zero attached hydrogens (tertiary/aromatic N) is 2. The molecule has 23 heavy (non-hydrogen) atoms. The Balaban J connectivity index is 2.05. The van der Waals surface area contributed by atoms with Gasteiger partial charge in [-0.15, -0.1) is 10.2 Å². The molecule has 2 amide bonds. The maximum absolute atomic E-state index is 12.4. The second-order valence-corrected chi connectivity index (χ2v) is 6.47. The summed E-state index contributed by atoms with van der Waals surface area (Å²) in [7, 11) is 0. The van der Waals surface area contributed by atoms with Gasteiger partial charge in [0.2, 0.25) is 11.0 Å². The number of aromatic nitrogens is 2. The van der Waals surface area contributed by atoms with Gasteiger partial charge in [-0.2, -0.15) is 0 Å². The summed E-state index contributed by atoms with van der Waals surface area (Å²) in [4.78, 5) is 24.7. The molecule has 2 rings (SSSR count). The van der Waals surface area contributed by atoms with Gasteiger partial charge in [0.05, 0.1) is 0 Å². The third-order valence-electron chi connectivity index (χ3n) is 3.27. The molecule has 2 aromatic rings. The van der Waals surface area contributed by atoms with Gasteiger partial charge in [-0.1, -0.05) is 50.3 Å². The summed E-state index contributed by atoms with van der Waals surface area (Å²) >= 11 is 1.34. The summed E-state index contributed by atoms with van der Waals surface area (Å²) in [5, 5.41) is 14.7. The molecule has 2 N–H and O–H groups in total. The van der Waals surface area contributed by atoms with Gasteiger partial charge in [-0.05, 0) is 24.5 Å². The van der Waals surface area contributed by atoms with Gasteiger partial charge in [-0.3, -0.25) is 14.9 Å². The molecule has 0 aliphatic heterocycles. The van der Waals surface area contributed by atoms with E-state index < -0.39 is 6.04 Å². The fraction of sp³-hybridized carbons (Fsp3) is 0.375. The molecule has 1 heterocycles. The maximum atomic E-state index is 12.4. The van der Waals surface area contributed by atoms with Crippen LogP contribution in [0.25, 0.3) is 0 Å². The highest BCUT2D eigenvalue weighted by atomic mass is 32.1. The number of benzene rings is 1. The first-order chi connectivity index (χ1) is 11.0. The van der Waals surface area contributed by atoms with Crippen LogP contribution in [0.1, 0.15) is 36.1 Å². The van der Waals surface area contributed by atoms with Crippen LogP contribution < -0.4 is 10.6 Å². The molecule has 0 aliphatic carbocycles. The molecule has 0 fully saturated rings. The van der Waals surface area contributed by atoms with E-state index in [-0.39, 0.29) is 17.7 Å². The van der Waals surface area contributed by atoms with Crippen LogP contribution in [0.15, 0.2) is 30.3 Å². The Morgan fingerprint density at radius 1 is 1.17 bits per heavy atom. The highest BCUT2D eigenvalue weighted by Gasteiger charge is 2.25. The van der Waals surface area contributed by atoms with E-state index >= 15 is 0 Å². The number of carbonyl (C=O) groups is 2. The highest BCUT2D eigenvalue weighted by molar-refractivity contribution is 7.15. The largest absolute Gasteiger partial charge is 0.340 e. The zero-order valence-corrected chi connectivity index (χ0v) is 14.2. The van der Waals surface area contributed by atoms with E-state index in [1.165, 1.54) is 11.3 Å². The monoisotopic (exact) mass is 332 g/mol. The zero-order chi connectivity index (χ0) is 16.8. The number of hydrogen-bond donors (Lipinski definition) is 2. The van der Waals surface area contributed by atoms with Gasteiger partial charge in [0.15, 0.2) is 0 Å². The minimum atomic E-state index is -0.642. The first-order valence-corrected chi connectivity index (χ1v) is 8.32. The summed E-state index contributed by atoms with van der Waals surface area (Å²) in [5.41, 5.74) is 0.523. The number of nitrogens with one attached hydrogen (secondary N) is 2. The smallest absolute Gasteiger partial charge is 0.251 e. The third-order valence-corrected chi connectivity index (χ3v) is 4.25. The molecule has 0 saturated heterocycles. The van der Waals surface area contributed by atoms with E-state index in [9.17, 15) is 9.59 Å². The fourth-order valence-corrected chi connectivity index (χ4v) is 2.66. The summed E-state index contributed by atoms with van der Waals surface area (Å²) in [6.45, 7) is 5.74. The van der Waals surface area contributed by atoms with E-state index in [0.717, 1.165) is 11.4 Å². The van der Waals surface area contributed by atoms with E-state index in [0.29, 0.717) is 10.7 Å². The van der Waals surface area contributed by atoms with Gasteiger partial charge >= 0.3 is 0 Å². The molecule has 122 valence electrons. The molecule has 1 aromatic carbocycles. The van der Waals surface area contributed by atoms with Crippen molar-refractivity contribution in [1.29, 1.82) is 0 Å². The van der Waals surface area contributed by atoms with E-state index in [4.69, 9.17) is 0 Å². The topological polar surface area (TPSA) is 84.0 Å². The van der Waals surface area contributed by atoms with Crippen molar-refractivity contribution in [3.05, 3.63) is 40.9 Å². The van der Waals surface area contributed by atoms with Gasteiger partial charge in [0.25, 0.3) is 5.91 Å². The summed E-state index contributed by atoms with van der Waals surface area (Å²) < 4.78 is 0. The lowest BCUT2D eigenvalue weighted by Gasteiger charge is -2.21. The van der Waals surface area contributed by atoms with Crippen molar-refractivity contribution in [2.45, 2.75) is 33.2 Å². The second-order valence-electron chi connectivity index (χ2n) is 5.40. The van der Waals surface area contributed by atoms with Crippen LogP contribution >= 0.6 is 11.3 Å². The minimum absolute atomic E-state index is 0.0544. The lowest BCUT2D eigenvalue weighted by molar-refractivity contribution is -0.118. The Hall–Kier alpha value is -2.28. The molecule has 1 unspecified atom stereocenters. The van der Waals surface area contributed by atoms with Crippen LogP contribution in [-0.2, 0) is 11.2 Å². The Bertz CT molecular complexity index is 670. The van der Waals surface area contributed by atoms with Crippen LogP contribution in [0, 0.1) is 5.92 Å². The number of aryl methyl sites for hydroxylation is 1. The molecule has 0 bridgehead atoms. The molecule has 1 atom stereocenters. The molecule has 7 heteroatoms. The Kier molecular flexibility index (Phi) is 5.81. The average Bonchev–Trinajstić information content (AvgIpc) is 3.00. The molecule has 0 spiro atoms. The maximum Gasteiger partial charge on any atom is 0.251 e. The molecule has 1 aromatic heterocycles. The van der Waals surface area contributed by atoms with E-state index in [2.05, 4.69) is 20.8 Å². The zero-order valence-electron chi connectivity index (χ0n) is 13.4. The van der Waals surface area contributed by atoms with Crippen LogP contribution in [0.4, 0.5) is 5.13 Å². The van der Waals surface area contributed by atoms with Crippen molar-refractivity contribution in [2.75, 3.05) is 5.32 Å². The molecule has 0 saturated carbocycles. The lowest BCUT2D eigenvalue weighted by atomic mass is 10.0. The number of hydrogen-bond acceptors (Lipinski definition) is 5. The second kappa shape index (κ2) is 7.82. The summed E-state index contributed by atoms with van der Waals surface area (Å²) in [6, 6.07) is 8.19. The minimum Gasteiger partial charge on any atom is -0.340 e. The van der Waals surface area contributed by atoms with Crippen molar-refractivity contribution in [3.8, 4) is 0 Å². The van der Waals surface area contributed by atoms with Gasteiger partial charge in [0, 0.05) is 5.56 Å². The lowest BCUT2D eigenvalue weighted by Crippen LogP contribution is -2.47. The normalized spacial score (nSPS) is 12.0. The average molecular weight is 332 g/mol. The number of rotatable bonds is 6. The molecule has 0 radical (unpaired) electrons. The first-order valence-electron chi connectivity index (χ1n) is 7.50. The number of anilines is 1. The Morgan fingerprint density at radius 3 is 2.43 bits per heavy atom. The van der Waals surface area contributed by atoms with Crippen LogP contribution in [0.5, 0.6) is 0 Å². The Labute approximate surface area is 139 Å². The molecular weight excluding hydrogens is 312 g/mol. The van der Waals surface area contributed by atoms with Gasteiger partial charge in [0.1, 0.15) is 11.0 Å². The standard InChI is InChI=1S/C16H20N4O2S/c1-4-12-19-20-16(23-12)18-15(22)13(10(2)3)17-14(21)11-8-6-5-7-9-11/h5-10,13H,4H2,1-3H3,(H,17,21)(H,18,20,22). The molecule has 6 nitrogen and oxygen atoms in total.